The number of methoxy groups -OCH3 is 1. The van der Waals surface area contributed by atoms with Crippen LogP contribution in [0.2, 0.25) is 0 Å². The van der Waals surface area contributed by atoms with Crippen LogP contribution in [-0.4, -0.2) is 17.1 Å². The maximum atomic E-state index is 12.6. The number of nitrogens with zero attached hydrogens (tertiary/aromatic N) is 2. The highest BCUT2D eigenvalue weighted by atomic mass is 19.4. The van der Waals surface area contributed by atoms with Gasteiger partial charge in [-0.1, -0.05) is 13.8 Å². The molecule has 0 aliphatic rings. The van der Waals surface area contributed by atoms with E-state index in [0.717, 1.165) is 6.20 Å². The lowest BCUT2D eigenvalue weighted by atomic mass is 10.0. The third-order valence-corrected chi connectivity index (χ3v) is 1.87. The normalized spacial score (nSPS) is 11.9. The molecule has 84 valence electrons. The van der Waals surface area contributed by atoms with Crippen molar-refractivity contribution >= 4 is 0 Å². The monoisotopic (exact) mass is 220 g/mol. The summed E-state index contributed by atoms with van der Waals surface area (Å²) < 4.78 is 42.3. The van der Waals surface area contributed by atoms with Crippen molar-refractivity contribution < 1.29 is 17.9 Å². The molecule has 0 aliphatic heterocycles. The molecule has 0 unspecified atom stereocenters. The molecule has 6 heteroatoms. The third-order valence-electron chi connectivity index (χ3n) is 1.87. The molecule has 0 saturated carbocycles. The van der Waals surface area contributed by atoms with E-state index < -0.39 is 11.9 Å². The van der Waals surface area contributed by atoms with Crippen molar-refractivity contribution in [1.29, 1.82) is 0 Å². The van der Waals surface area contributed by atoms with Crippen molar-refractivity contribution in [3.63, 3.8) is 0 Å². The van der Waals surface area contributed by atoms with Crippen LogP contribution >= 0.6 is 0 Å². The number of hydrogen-bond donors (Lipinski definition) is 0. The minimum Gasteiger partial charge on any atom is -0.467 e. The first kappa shape index (κ1) is 11.7. The lowest BCUT2D eigenvalue weighted by molar-refractivity contribution is -0.142. The van der Waals surface area contributed by atoms with Crippen LogP contribution in [0, 0.1) is 0 Å². The number of hydrogen-bond acceptors (Lipinski definition) is 3. The molecule has 0 aromatic carbocycles. The molecule has 0 fully saturated rings. The van der Waals surface area contributed by atoms with Gasteiger partial charge in [0, 0.05) is 11.8 Å². The van der Waals surface area contributed by atoms with E-state index in [1.54, 1.807) is 13.8 Å². The van der Waals surface area contributed by atoms with Crippen LogP contribution in [0.5, 0.6) is 6.01 Å². The molecule has 0 spiro atoms. The molecule has 3 nitrogen and oxygen atoms in total. The summed E-state index contributed by atoms with van der Waals surface area (Å²) in [6, 6.07) is -0.272. The zero-order valence-corrected chi connectivity index (χ0v) is 8.59. The molecule has 15 heavy (non-hydrogen) atoms. The first-order valence-corrected chi connectivity index (χ1v) is 4.34. The standard InChI is InChI=1S/C9H11F3N2O/c1-5(2)6-4-13-8(15-3)14-7(6)9(10,11)12/h4-5H,1-3H3. The number of halogens is 3. The molecular weight excluding hydrogens is 209 g/mol. The van der Waals surface area contributed by atoms with Gasteiger partial charge in [0.2, 0.25) is 0 Å². The van der Waals surface area contributed by atoms with E-state index in [-0.39, 0.29) is 17.5 Å². The number of ether oxygens (including phenoxy) is 1. The van der Waals surface area contributed by atoms with Crippen molar-refractivity contribution in [2.45, 2.75) is 25.9 Å². The molecule has 1 heterocycles. The molecule has 0 aliphatic carbocycles. The van der Waals surface area contributed by atoms with Crippen LogP contribution in [0.1, 0.15) is 31.0 Å². The Morgan fingerprint density at radius 2 is 1.93 bits per heavy atom. The fourth-order valence-corrected chi connectivity index (χ4v) is 1.12. The van der Waals surface area contributed by atoms with E-state index in [1.807, 2.05) is 0 Å². The zero-order chi connectivity index (χ0) is 11.6. The second kappa shape index (κ2) is 4.04. The summed E-state index contributed by atoms with van der Waals surface area (Å²) in [6.07, 6.45) is -3.32. The van der Waals surface area contributed by atoms with E-state index in [0.29, 0.717) is 0 Å². The summed E-state index contributed by atoms with van der Waals surface area (Å²) in [5, 5.41) is 0. The van der Waals surface area contributed by atoms with E-state index >= 15 is 0 Å². The smallest absolute Gasteiger partial charge is 0.433 e. The Bertz CT molecular complexity index is 350. The van der Waals surface area contributed by atoms with E-state index in [1.165, 1.54) is 7.11 Å². The van der Waals surface area contributed by atoms with Crippen molar-refractivity contribution in [2.24, 2.45) is 0 Å². The zero-order valence-electron chi connectivity index (χ0n) is 8.59. The van der Waals surface area contributed by atoms with Gasteiger partial charge in [0.15, 0.2) is 5.69 Å². The van der Waals surface area contributed by atoms with E-state index in [2.05, 4.69) is 14.7 Å². The van der Waals surface area contributed by atoms with Crippen LogP contribution in [-0.2, 0) is 6.18 Å². The predicted molar refractivity (Wildman–Crippen MR) is 47.7 cm³/mol. The highest BCUT2D eigenvalue weighted by Crippen LogP contribution is 2.33. The number of rotatable bonds is 2. The predicted octanol–water partition coefficient (Wildman–Crippen LogP) is 2.63. The van der Waals surface area contributed by atoms with E-state index in [9.17, 15) is 13.2 Å². The summed E-state index contributed by atoms with van der Waals surface area (Å²) in [6.45, 7) is 3.31. The van der Waals surface area contributed by atoms with Gasteiger partial charge in [-0.15, -0.1) is 0 Å². The molecule has 0 saturated heterocycles. The molecule has 0 amide bonds. The molecular formula is C9H11F3N2O. The van der Waals surface area contributed by atoms with Gasteiger partial charge in [-0.05, 0) is 5.92 Å². The first-order valence-electron chi connectivity index (χ1n) is 4.34. The molecule has 0 atom stereocenters. The van der Waals surface area contributed by atoms with Crippen LogP contribution in [0.4, 0.5) is 13.2 Å². The summed E-state index contributed by atoms with van der Waals surface area (Å²) in [5.74, 6) is -0.285. The first-order chi connectivity index (χ1) is 6.86. The Morgan fingerprint density at radius 1 is 1.33 bits per heavy atom. The van der Waals surface area contributed by atoms with E-state index in [4.69, 9.17) is 0 Å². The van der Waals surface area contributed by atoms with Crippen molar-refractivity contribution in [3.05, 3.63) is 17.5 Å². The maximum Gasteiger partial charge on any atom is 0.433 e. The van der Waals surface area contributed by atoms with Gasteiger partial charge in [0.1, 0.15) is 0 Å². The lowest BCUT2D eigenvalue weighted by Crippen LogP contribution is -2.14. The van der Waals surface area contributed by atoms with Crippen molar-refractivity contribution in [1.82, 2.24) is 9.97 Å². The van der Waals surface area contributed by atoms with Gasteiger partial charge >= 0.3 is 12.2 Å². The van der Waals surface area contributed by atoms with Crippen LogP contribution in [0.15, 0.2) is 6.20 Å². The fourth-order valence-electron chi connectivity index (χ4n) is 1.12. The second-order valence-corrected chi connectivity index (χ2v) is 3.31. The SMILES string of the molecule is COc1ncc(C(C)C)c(C(F)(F)F)n1. The van der Waals surface area contributed by atoms with Crippen molar-refractivity contribution in [3.8, 4) is 6.01 Å². The third kappa shape index (κ3) is 2.57. The van der Waals surface area contributed by atoms with Gasteiger partial charge < -0.3 is 4.74 Å². The summed E-state index contributed by atoms with van der Waals surface area (Å²) in [7, 11) is 1.23. The molecule has 0 bridgehead atoms. The highest BCUT2D eigenvalue weighted by Gasteiger charge is 2.36. The average molecular weight is 220 g/mol. The van der Waals surface area contributed by atoms with Gasteiger partial charge in [0.05, 0.1) is 7.11 Å². The van der Waals surface area contributed by atoms with Crippen LogP contribution < -0.4 is 4.74 Å². The molecule has 0 radical (unpaired) electrons. The van der Waals surface area contributed by atoms with Crippen LogP contribution in [0.25, 0.3) is 0 Å². The molecule has 1 aromatic heterocycles. The lowest BCUT2D eigenvalue weighted by Gasteiger charge is -2.14. The van der Waals surface area contributed by atoms with Gasteiger partial charge in [-0.2, -0.15) is 18.2 Å². The van der Waals surface area contributed by atoms with Crippen LogP contribution in [0.3, 0.4) is 0 Å². The Balaban J connectivity index is 3.29. The summed E-state index contributed by atoms with van der Waals surface area (Å²) in [5.41, 5.74) is -0.854. The number of alkyl halides is 3. The minimum absolute atomic E-state index is 0.0725. The Morgan fingerprint density at radius 3 is 2.33 bits per heavy atom. The highest BCUT2D eigenvalue weighted by molar-refractivity contribution is 5.24. The molecule has 1 aromatic rings. The summed E-state index contributed by atoms with van der Waals surface area (Å²) in [4.78, 5) is 6.98. The molecule has 1 rings (SSSR count). The maximum absolute atomic E-state index is 12.6. The largest absolute Gasteiger partial charge is 0.467 e. The minimum atomic E-state index is -4.48. The Kier molecular flexibility index (Phi) is 3.16. The Labute approximate surface area is 85.3 Å². The van der Waals surface area contributed by atoms with Gasteiger partial charge in [-0.25, -0.2) is 4.98 Å². The van der Waals surface area contributed by atoms with Gasteiger partial charge in [0.25, 0.3) is 0 Å². The average Bonchev–Trinajstić information content (AvgIpc) is 2.15. The quantitative estimate of drug-likeness (QED) is 0.768. The molecule has 0 N–H and O–H groups in total. The Hall–Kier alpha value is -1.33. The second-order valence-electron chi connectivity index (χ2n) is 3.31. The number of aromatic nitrogens is 2. The topological polar surface area (TPSA) is 35.0 Å². The van der Waals surface area contributed by atoms with Crippen molar-refractivity contribution in [2.75, 3.05) is 7.11 Å². The summed E-state index contributed by atoms with van der Waals surface area (Å²) >= 11 is 0. The van der Waals surface area contributed by atoms with Gasteiger partial charge in [-0.3, -0.25) is 0 Å². The fraction of sp³-hybridized carbons (Fsp3) is 0.556.